The van der Waals surface area contributed by atoms with Crippen molar-refractivity contribution in [2.75, 3.05) is 18.1 Å². The van der Waals surface area contributed by atoms with Crippen molar-refractivity contribution in [3.05, 3.63) is 52.8 Å². The molecule has 1 aromatic heterocycles. The van der Waals surface area contributed by atoms with Crippen LogP contribution < -0.4 is 5.32 Å². The molecule has 0 aliphatic heterocycles. The van der Waals surface area contributed by atoms with Gasteiger partial charge < -0.3 is 15.0 Å². The van der Waals surface area contributed by atoms with Gasteiger partial charge in [0.2, 0.25) is 0 Å². The van der Waals surface area contributed by atoms with Gasteiger partial charge in [0.25, 0.3) is 5.91 Å². The summed E-state index contributed by atoms with van der Waals surface area (Å²) in [6, 6.07) is 10.0. The molecule has 2 aromatic rings. The highest BCUT2D eigenvalue weighted by Gasteiger charge is 2.17. The van der Waals surface area contributed by atoms with E-state index in [1.807, 2.05) is 32.0 Å². The number of para-hydroxylation sites is 1. The Kier molecular flexibility index (Phi) is 7.66. The Balaban J connectivity index is 1.93. The van der Waals surface area contributed by atoms with Crippen LogP contribution in [0, 0.1) is 20.8 Å². The van der Waals surface area contributed by atoms with Crippen molar-refractivity contribution in [2.24, 2.45) is 0 Å². The maximum absolute atomic E-state index is 12.5. The number of carbonyl (C=O) groups excluding carboxylic acids is 1. The second-order valence-corrected chi connectivity index (χ2v) is 8.65. The fourth-order valence-electron chi connectivity index (χ4n) is 2.73. The Morgan fingerprint density at radius 3 is 2.50 bits per heavy atom. The average molecular weight is 393 g/mol. The van der Waals surface area contributed by atoms with Crippen LogP contribution in [0.15, 0.2) is 30.3 Å². The maximum Gasteiger partial charge on any atom is 0.304 e. The number of rotatable bonds is 9. The number of carboxylic acids is 1. The Hall–Kier alpha value is -1.86. The number of nitrogens with zero attached hydrogens (tertiary/aromatic N) is 1. The Morgan fingerprint density at radius 2 is 1.81 bits per heavy atom. The predicted octanol–water partition coefficient (Wildman–Crippen LogP) is 3.99. The highest BCUT2D eigenvalue weighted by Crippen LogP contribution is 2.23. The zero-order valence-corrected chi connectivity index (χ0v) is 16.9. The Bertz CT molecular complexity index is 787. The van der Waals surface area contributed by atoms with Gasteiger partial charge in [-0.1, -0.05) is 39.8 Å². The van der Waals surface area contributed by atoms with Crippen LogP contribution in [0.3, 0.4) is 0 Å². The van der Waals surface area contributed by atoms with Crippen molar-refractivity contribution in [2.45, 2.75) is 27.2 Å². The van der Waals surface area contributed by atoms with Gasteiger partial charge in [-0.05, 0) is 38.5 Å². The van der Waals surface area contributed by atoms with Gasteiger partial charge in [-0.25, -0.2) is 0 Å². The zero-order valence-electron chi connectivity index (χ0n) is 15.2. The number of aliphatic carboxylic acids is 1. The molecule has 1 heterocycles. The monoisotopic (exact) mass is 392 g/mol. The molecule has 0 unspecified atom stereocenters. The molecule has 1 amide bonds. The molecular formula is C19H24N2O3S2. The van der Waals surface area contributed by atoms with Crippen molar-refractivity contribution in [1.82, 2.24) is 9.88 Å². The summed E-state index contributed by atoms with van der Waals surface area (Å²) in [5.41, 5.74) is 4.90. The minimum Gasteiger partial charge on any atom is -0.481 e. The average Bonchev–Trinajstić information content (AvgIpc) is 2.89. The summed E-state index contributed by atoms with van der Waals surface area (Å²) in [6.45, 7) is 6.58. The van der Waals surface area contributed by atoms with Crippen LogP contribution in [-0.4, -0.2) is 39.6 Å². The lowest BCUT2D eigenvalue weighted by Crippen LogP contribution is -2.26. The van der Waals surface area contributed by atoms with E-state index in [2.05, 4.69) is 28.9 Å². The number of carboxylic acid groups (broad SMARTS) is 1. The number of hydrogen-bond donors (Lipinski definition) is 2. The lowest BCUT2D eigenvalue weighted by atomic mass is 10.2. The summed E-state index contributed by atoms with van der Waals surface area (Å²) in [5, 5.41) is 11.5. The minimum atomic E-state index is -0.782. The van der Waals surface area contributed by atoms with Gasteiger partial charge in [0.15, 0.2) is 0 Å². The van der Waals surface area contributed by atoms with E-state index >= 15 is 0 Å². The van der Waals surface area contributed by atoms with Crippen molar-refractivity contribution >= 4 is 33.5 Å². The topological polar surface area (TPSA) is 71.3 Å². The van der Waals surface area contributed by atoms with E-state index in [0.29, 0.717) is 17.9 Å². The van der Waals surface area contributed by atoms with Gasteiger partial charge in [0.1, 0.15) is 0 Å². The van der Waals surface area contributed by atoms with Gasteiger partial charge >= 0.3 is 5.97 Å². The fourth-order valence-corrected chi connectivity index (χ4v) is 4.61. The number of benzene rings is 1. The van der Waals surface area contributed by atoms with E-state index in [4.69, 9.17) is 5.11 Å². The van der Waals surface area contributed by atoms with Crippen LogP contribution in [0.4, 0.5) is 0 Å². The number of nitrogens with one attached hydrogen (secondary N) is 1. The minimum absolute atomic E-state index is 0.0749. The van der Waals surface area contributed by atoms with Gasteiger partial charge in [-0.3, -0.25) is 9.59 Å². The highest BCUT2D eigenvalue weighted by molar-refractivity contribution is 8.76. The third kappa shape index (κ3) is 5.32. The second-order valence-electron chi connectivity index (χ2n) is 5.95. The first kappa shape index (κ1) is 20.5. The summed E-state index contributed by atoms with van der Waals surface area (Å²) in [6.07, 6.45) is 0.162. The van der Waals surface area contributed by atoms with Crippen LogP contribution in [-0.2, 0) is 4.79 Å². The third-order valence-electron chi connectivity index (χ3n) is 3.99. The largest absolute Gasteiger partial charge is 0.481 e. The summed E-state index contributed by atoms with van der Waals surface area (Å²) in [5.74, 6) is 0.461. The molecule has 2 N–H and O–H groups in total. The molecule has 0 aliphatic rings. The Labute approximate surface area is 162 Å². The molecule has 1 aromatic carbocycles. The zero-order chi connectivity index (χ0) is 19.1. The van der Waals surface area contributed by atoms with Crippen molar-refractivity contribution in [1.29, 1.82) is 0 Å². The summed E-state index contributed by atoms with van der Waals surface area (Å²) in [4.78, 5) is 22.9. The first-order valence-electron chi connectivity index (χ1n) is 8.41. The Morgan fingerprint density at radius 1 is 1.12 bits per heavy atom. The molecule has 0 atom stereocenters. The van der Waals surface area contributed by atoms with E-state index in [1.165, 1.54) is 10.8 Å². The molecule has 0 saturated carbocycles. The van der Waals surface area contributed by atoms with E-state index in [0.717, 1.165) is 28.4 Å². The van der Waals surface area contributed by atoms with E-state index in [-0.39, 0.29) is 12.3 Å². The first-order chi connectivity index (χ1) is 12.4. The number of amides is 1. The normalized spacial score (nSPS) is 10.7. The molecule has 7 heteroatoms. The molecule has 0 bridgehead atoms. The fraction of sp³-hybridized carbons (Fsp3) is 0.368. The molecule has 26 heavy (non-hydrogen) atoms. The first-order valence-corrected chi connectivity index (χ1v) is 10.9. The quantitative estimate of drug-likeness (QED) is 0.499. The van der Waals surface area contributed by atoms with Gasteiger partial charge in [0, 0.05) is 35.1 Å². The van der Waals surface area contributed by atoms with Gasteiger partial charge in [-0.2, -0.15) is 0 Å². The standard InChI is InChI=1S/C19H24N2O3S2/c1-13-6-4-5-7-17(13)21-14(2)12-16(15(21)3)19(24)20-9-11-26-25-10-8-18(22)23/h4-7,12H,8-11H2,1-3H3,(H,20,24)(H,22,23). The SMILES string of the molecule is Cc1ccccc1-n1c(C)cc(C(=O)NCCSSCCC(=O)O)c1C. The number of aryl methyl sites for hydroxylation is 2. The van der Waals surface area contributed by atoms with Crippen molar-refractivity contribution in [3.63, 3.8) is 0 Å². The molecule has 0 aliphatic carbocycles. The number of aromatic nitrogens is 1. The van der Waals surface area contributed by atoms with Crippen LogP contribution in [0.2, 0.25) is 0 Å². The molecule has 0 fully saturated rings. The third-order valence-corrected chi connectivity index (χ3v) is 6.39. The lowest BCUT2D eigenvalue weighted by molar-refractivity contribution is -0.136. The summed E-state index contributed by atoms with van der Waals surface area (Å²) in [7, 11) is 3.10. The molecule has 0 saturated heterocycles. The van der Waals surface area contributed by atoms with Crippen molar-refractivity contribution in [3.8, 4) is 5.69 Å². The molecule has 140 valence electrons. The molecule has 0 radical (unpaired) electrons. The van der Waals surface area contributed by atoms with Crippen LogP contribution in [0.25, 0.3) is 5.69 Å². The highest BCUT2D eigenvalue weighted by atomic mass is 33.1. The van der Waals surface area contributed by atoms with Gasteiger partial charge in [0.05, 0.1) is 12.0 Å². The van der Waals surface area contributed by atoms with E-state index in [9.17, 15) is 9.59 Å². The van der Waals surface area contributed by atoms with Crippen LogP contribution >= 0.6 is 21.6 Å². The van der Waals surface area contributed by atoms with E-state index < -0.39 is 5.97 Å². The second kappa shape index (κ2) is 9.73. The van der Waals surface area contributed by atoms with Gasteiger partial charge in [-0.15, -0.1) is 0 Å². The number of hydrogen-bond acceptors (Lipinski definition) is 4. The summed E-state index contributed by atoms with van der Waals surface area (Å²) >= 11 is 0. The lowest BCUT2D eigenvalue weighted by Gasteiger charge is -2.12. The molecule has 2 rings (SSSR count). The van der Waals surface area contributed by atoms with E-state index in [1.54, 1.807) is 10.8 Å². The molecule has 0 spiro atoms. The number of carbonyl (C=O) groups is 2. The van der Waals surface area contributed by atoms with Crippen molar-refractivity contribution < 1.29 is 14.7 Å². The molecule has 5 nitrogen and oxygen atoms in total. The summed E-state index contributed by atoms with van der Waals surface area (Å²) < 4.78 is 2.11. The predicted molar refractivity (Wildman–Crippen MR) is 109 cm³/mol. The molecular weight excluding hydrogens is 368 g/mol. The van der Waals surface area contributed by atoms with Crippen LogP contribution in [0.5, 0.6) is 0 Å². The maximum atomic E-state index is 12.5. The smallest absolute Gasteiger partial charge is 0.304 e. The van der Waals surface area contributed by atoms with Crippen LogP contribution in [0.1, 0.15) is 33.7 Å².